The van der Waals surface area contributed by atoms with E-state index in [9.17, 15) is 13.2 Å². The van der Waals surface area contributed by atoms with E-state index in [2.05, 4.69) is 16.1 Å². The fourth-order valence-corrected chi connectivity index (χ4v) is 4.35. The SMILES string of the molecule is CC(C)CNS(=O)(=O)c1ccc(OCC(=O)NCCC2=CCCCC2)c(Cl)c1. The maximum absolute atomic E-state index is 12.2. The second kappa shape index (κ2) is 10.8. The molecule has 0 aromatic heterocycles. The molecule has 0 heterocycles. The number of nitrogens with one attached hydrogen (secondary N) is 2. The molecule has 0 saturated carbocycles. The zero-order chi connectivity index (χ0) is 20.6. The lowest BCUT2D eigenvalue weighted by molar-refractivity contribution is -0.123. The van der Waals surface area contributed by atoms with E-state index in [4.69, 9.17) is 16.3 Å². The number of hydrogen-bond donors (Lipinski definition) is 2. The van der Waals surface area contributed by atoms with Crippen LogP contribution in [-0.4, -0.2) is 34.0 Å². The summed E-state index contributed by atoms with van der Waals surface area (Å²) in [6.45, 7) is 4.60. The van der Waals surface area contributed by atoms with Gasteiger partial charge in [0.1, 0.15) is 5.75 Å². The molecule has 0 fully saturated rings. The Labute approximate surface area is 172 Å². The Morgan fingerprint density at radius 3 is 2.71 bits per heavy atom. The summed E-state index contributed by atoms with van der Waals surface area (Å²) in [4.78, 5) is 12.0. The van der Waals surface area contributed by atoms with Crippen molar-refractivity contribution in [2.75, 3.05) is 19.7 Å². The molecule has 8 heteroatoms. The molecule has 1 aromatic carbocycles. The summed E-state index contributed by atoms with van der Waals surface area (Å²) in [6, 6.07) is 4.21. The van der Waals surface area contributed by atoms with Crippen molar-refractivity contribution in [3.63, 3.8) is 0 Å². The first kappa shape index (κ1) is 22.7. The van der Waals surface area contributed by atoms with Crippen molar-refractivity contribution >= 4 is 27.5 Å². The maximum atomic E-state index is 12.2. The van der Waals surface area contributed by atoms with E-state index in [-0.39, 0.29) is 34.1 Å². The monoisotopic (exact) mass is 428 g/mol. The van der Waals surface area contributed by atoms with Crippen LogP contribution in [0.1, 0.15) is 46.0 Å². The molecule has 156 valence electrons. The van der Waals surface area contributed by atoms with Gasteiger partial charge in [-0.3, -0.25) is 4.79 Å². The number of hydrogen-bond acceptors (Lipinski definition) is 4. The van der Waals surface area contributed by atoms with Crippen molar-refractivity contribution in [1.82, 2.24) is 10.0 Å². The fourth-order valence-electron chi connectivity index (χ4n) is 2.81. The second-order valence-corrected chi connectivity index (χ2v) is 9.51. The fraction of sp³-hybridized carbons (Fsp3) is 0.550. The third kappa shape index (κ3) is 7.45. The van der Waals surface area contributed by atoms with Crippen LogP contribution in [0.5, 0.6) is 5.75 Å². The van der Waals surface area contributed by atoms with Crippen molar-refractivity contribution in [2.24, 2.45) is 5.92 Å². The molecule has 2 rings (SSSR count). The van der Waals surface area contributed by atoms with Gasteiger partial charge in [-0.15, -0.1) is 0 Å². The Kier molecular flexibility index (Phi) is 8.79. The molecule has 28 heavy (non-hydrogen) atoms. The summed E-state index contributed by atoms with van der Waals surface area (Å²) in [5, 5.41) is 2.97. The van der Waals surface area contributed by atoms with E-state index < -0.39 is 10.0 Å². The molecule has 1 aliphatic rings. The topological polar surface area (TPSA) is 84.5 Å². The average Bonchev–Trinajstić information content (AvgIpc) is 2.66. The number of rotatable bonds is 10. The summed E-state index contributed by atoms with van der Waals surface area (Å²) >= 11 is 6.13. The van der Waals surface area contributed by atoms with Gasteiger partial charge < -0.3 is 10.1 Å². The predicted molar refractivity (Wildman–Crippen MR) is 111 cm³/mol. The smallest absolute Gasteiger partial charge is 0.257 e. The van der Waals surface area contributed by atoms with E-state index in [0.717, 1.165) is 19.3 Å². The van der Waals surface area contributed by atoms with Crippen LogP contribution in [0.4, 0.5) is 0 Å². The van der Waals surface area contributed by atoms with Gasteiger partial charge in [-0.1, -0.05) is 37.1 Å². The van der Waals surface area contributed by atoms with Gasteiger partial charge in [0.05, 0.1) is 9.92 Å². The van der Waals surface area contributed by atoms with Gasteiger partial charge in [-0.2, -0.15) is 0 Å². The van der Waals surface area contributed by atoms with Gasteiger partial charge in [-0.05, 0) is 56.2 Å². The number of amides is 1. The van der Waals surface area contributed by atoms with Crippen LogP contribution in [0.3, 0.4) is 0 Å². The molecule has 1 aliphatic carbocycles. The minimum Gasteiger partial charge on any atom is -0.482 e. The molecule has 0 aliphatic heterocycles. The predicted octanol–water partition coefficient (Wildman–Crippen LogP) is 3.66. The minimum absolute atomic E-state index is 0.0655. The van der Waals surface area contributed by atoms with Crippen molar-refractivity contribution in [3.8, 4) is 5.75 Å². The minimum atomic E-state index is -3.62. The molecule has 0 bridgehead atoms. The molecule has 0 radical (unpaired) electrons. The van der Waals surface area contributed by atoms with E-state index in [1.165, 1.54) is 36.6 Å². The number of sulfonamides is 1. The number of benzene rings is 1. The van der Waals surface area contributed by atoms with Crippen molar-refractivity contribution < 1.29 is 17.9 Å². The van der Waals surface area contributed by atoms with Crippen molar-refractivity contribution in [2.45, 2.75) is 50.8 Å². The van der Waals surface area contributed by atoms with Gasteiger partial charge in [0.15, 0.2) is 6.61 Å². The molecule has 2 N–H and O–H groups in total. The molecule has 0 saturated heterocycles. The van der Waals surface area contributed by atoms with Crippen molar-refractivity contribution in [1.29, 1.82) is 0 Å². The van der Waals surface area contributed by atoms with Gasteiger partial charge in [-0.25, -0.2) is 13.1 Å². The quantitative estimate of drug-likeness (QED) is 0.557. The van der Waals surface area contributed by atoms with Gasteiger partial charge in [0.25, 0.3) is 5.91 Å². The molecule has 0 spiro atoms. The largest absolute Gasteiger partial charge is 0.482 e. The number of allylic oxidation sites excluding steroid dienone is 1. The van der Waals surface area contributed by atoms with E-state index in [0.29, 0.717) is 13.1 Å². The first-order valence-corrected chi connectivity index (χ1v) is 11.5. The normalized spacial score (nSPS) is 14.6. The number of halogens is 1. The third-order valence-electron chi connectivity index (χ3n) is 4.41. The molecule has 0 atom stereocenters. The number of carbonyl (C=O) groups is 1. The molecule has 6 nitrogen and oxygen atoms in total. The Morgan fingerprint density at radius 2 is 2.07 bits per heavy atom. The molecular formula is C20H29ClN2O4S. The number of carbonyl (C=O) groups excluding carboxylic acids is 1. The zero-order valence-electron chi connectivity index (χ0n) is 16.5. The lowest BCUT2D eigenvalue weighted by Crippen LogP contribution is -2.30. The molecular weight excluding hydrogens is 400 g/mol. The average molecular weight is 429 g/mol. The van der Waals surface area contributed by atoms with Crippen LogP contribution < -0.4 is 14.8 Å². The van der Waals surface area contributed by atoms with E-state index >= 15 is 0 Å². The van der Waals surface area contributed by atoms with Crippen LogP contribution >= 0.6 is 11.6 Å². The first-order chi connectivity index (χ1) is 13.3. The Bertz CT molecular complexity index is 806. The van der Waals surface area contributed by atoms with Gasteiger partial charge >= 0.3 is 0 Å². The highest BCUT2D eigenvalue weighted by atomic mass is 35.5. The Morgan fingerprint density at radius 1 is 1.29 bits per heavy atom. The van der Waals surface area contributed by atoms with E-state index in [1.807, 2.05) is 13.8 Å². The maximum Gasteiger partial charge on any atom is 0.257 e. The zero-order valence-corrected chi connectivity index (χ0v) is 18.0. The highest BCUT2D eigenvalue weighted by Gasteiger charge is 2.16. The molecule has 0 unspecified atom stereocenters. The highest BCUT2D eigenvalue weighted by Crippen LogP contribution is 2.27. The lowest BCUT2D eigenvalue weighted by Gasteiger charge is -2.13. The summed E-state index contributed by atoms with van der Waals surface area (Å²) in [5.74, 6) is 0.234. The third-order valence-corrected chi connectivity index (χ3v) is 6.12. The van der Waals surface area contributed by atoms with Crippen LogP contribution in [-0.2, 0) is 14.8 Å². The molecule has 1 aromatic rings. The molecule has 1 amide bonds. The second-order valence-electron chi connectivity index (χ2n) is 7.33. The standard InChI is InChI=1S/C20H29ClN2O4S/c1-15(2)13-23-28(25,26)17-8-9-19(18(21)12-17)27-14-20(24)22-11-10-16-6-4-3-5-7-16/h6,8-9,12,15,23H,3-5,7,10-11,13-14H2,1-2H3,(H,22,24). The lowest BCUT2D eigenvalue weighted by atomic mass is 9.97. The number of ether oxygens (including phenoxy) is 1. The van der Waals surface area contributed by atoms with Gasteiger partial charge in [0.2, 0.25) is 10.0 Å². The van der Waals surface area contributed by atoms with Crippen LogP contribution in [0, 0.1) is 5.92 Å². The Balaban J connectivity index is 1.82. The Hall–Kier alpha value is -1.57. The van der Waals surface area contributed by atoms with Crippen molar-refractivity contribution in [3.05, 3.63) is 34.9 Å². The summed E-state index contributed by atoms with van der Waals surface area (Å²) in [6.07, 6.45) is 7.84. The summed E-state index contributed by atoms with van der Waals surface area (Å²) in [7, 11) is -3.62. The van der Waals surface area contributed by atoms with E-state index in [1.54, 1.807) is 0 Å². The van der Waals surface area contributed by atoms with Crippen LogP contribution in [0.15, 0.2) is 34.7 Å². The van der Waals surface area contributed by atoms with Crippen LogP contribution in [0.2, 0.25) is 5.02 Å². The van der Waals surface area contributed by atoms with Gasteiger partial charge in [0, 0.05) is 13.1 Å². The summed E-state index contributed by atoms with van der Waals surface area (Å²) < 4.78 is 32.4. The summed E-state index contributed by atoms with van der Waals surface area (Å²) in [5.41, 5.74) is 1.40. The van der Waals surface area contributed by atoms with Crippen LogP contribution in [0.25, 0.3) is 0 Å². The highest BCUT2D eigenvalue weighted by molar-refractivity contribution is 7.89. The first-order valence-electron chi connectivity index (χ1n) is 9.64.